The van der Waals surface area contributed by atoms with Gasteiger partial charge in [0, 0.05) is 10.5 Å². The lowest BCUT2D eigenvalue weighted by Gasteiger charge is -2.21. The van der Waals surface area contributed by atoms with Crippen molar-refractivity contribution in [1.82, 2.24) is 5.32 Å². The van der Waals surface area contributed by atoms with Crippen LogP contribution in [-0.4, -0.2) is 12.6 Å². The Morgan fingerprint density at radius 1 is 1.17 bits per heavy atom. The van der Waals surface area contributed by atoms with Crippen LogP contribution < -0.4 is 5.32 Å². The zero-order valence-electron chi connectivity index (χ0n) is 12.0. The quantitative estimate of drug-likeness (QED) is 0.772. The van der Waals surface area contributed by atoms with Crippen LogP contribution in [0.25, 0.3) is 0 Å². The number of hydrogen-bond acceptors (Lipinski definition) is 1. The third-order valence-corrected chi connectivity index (χ3v) is 3.53. The van der Waals surface area contributed by atoms with Crippen molar-refractivity contribution in [2.75, 3.05) is 6.54 Å². The van der Waals surface area contributed by atoms with Crippen molar-refractivity contribution in [2.24, 2.45) is 11.8 Å². The number of benzene rings is 1. The lowest BCUT2D eigenvalue weighted by molar-refractivity contribution is 0.373. The second-order valence-electron chi connectivity index (χ2n) is 5.89. The first-order valence-electron chi connectivity index (χ1n) is 6.95. The molecule has 1 unspecified atom stereocenters. The molecule has 0 aliphatic rings. The molecule has 1 aromatic carbocycles. The van der Waals surface area contributed by atoms with Gasteiger partial charge in [-0.25, -0.2) is 0 Å². The van der Waals surface area contributed by atoms with E-state index in [1.54, 1.807) is 0 Å². The molecule has 0 saturated carbocycles. The highest BCUT2D eigenvalue weighted by atomic mass is 79.9. The molecule has 0 bridgehead atoms. The molecule has 1 rings (SSSR count). The van der Waals surface area contributed by atoms with Crippen LogP contribution in [0.2, 0.25) is 0 Å². The van der Waals surface area contributed by atoms with Gasteiger partial charge in [0.1, 0.15) is 0 Å². The van der Waals surface area contributed by atoms with Crippen LogP contribution in [0.4, 0.5) is 0 Å². The van der Waals surface area contributed by atoms with Gasteiger partial charge in [-0.1, -0.05) is 55.8 Å². The molecule has 1 N–H and O–H groups in total. The van der Waals surface area contributed by atoms with E-state index in [4.69, 9.17) is 0 Å². The average molecular weight is 312 g/mol. The van der Waals surface area contributed by atoms with Crippen molar-refractivity contribution in [3.63, 3.8) is 0 Å². The summed E-state index contributed by atoms with van der Waals surface area (Å²) < 4.78 is 1.18. The molecule has 1 aromatic rings. The zero-order chi connectivity index (χ0) is 13.5. The van der Waals surface area contributed by atoms with E-state index in [1.807, 2.05) is 0 Å². The van der Waals surface area contributed by atoms with Crippen LogP contribution in [0, 0.1) is 11.8 Å². The summed E-state index contributed by atoms with van der Waals surface area (Å²) in [6, 6.07) is 9.26. The molecule has 0 spiro atoms. The molecule has 0 saturated heterocycles. The zero-order valence-corrected chi connectivity index (χ0v) is 13.6. The molecule has 0 aliphatic heterocycles. The van der Waals surface area contributed by atoms with Crippen molar-refractivity contribution in [2.45, 2.75) is 46.6 Å². The summed E-state index contributed by atoms with van der Waals surface area (Å²) in [6.45, 7) is 10.2. The van der Waals surface area contributed by atoms with Gasteiger partial charge >= 0.3 is 0 Å². The molecular weight excluding hydrogens is 286 g/mol. The van der Waals surface area contributed by atoms with E-state index >= 15 is 0 Å². The van der Waals surface area contributed by atoms with Crippen molar-refractivity contribution < 1.29 is 0 Å². The van der Waals surface area contributed by atoms with Crippen LogP contribution in [0.3, 0.4) is 0 Å². The van der Waals surface area contributed by atoms with Crippen LogP contribution in [0.5, 0.6) is 0 Å². The molecule has 0 fully saturated rings. The number of hydrogen-bond donors (Lipinski definition) is 1. The van der Waals surface area contributed by atoms with Crippen molar-refractivity contribution >= 4 is 15.9 Å². The Kier molecular flexibility index (Phi) is 6.95. The van der Waals surface area contributed by atoms with E-state index in [9.17, 15) is 0 Å². The third-order valence-electron chi connectivity index (χ3n) is 3.03. The van der Waals surface area contributed by atoms with Crippen molar-refractivity contribution in [3.05, 3.63) is 34.3 Å². The number of halogens is 1. The second kappa shape index (κ2) is 7.96. The minimum absolute atomic E-state index is 0.571. The van der Waals surface area contributed by atoms with E-state index < -0.39 is 0 Å². The van der Waals surface area contributed by atoms with E-state index in [0.717, 1.165) is 24.8 Å². The Bertz CT molecular complexity index is 347. The Hall–Kier alpha value is -0.340. The number of rotatable bonds is 7. The molecule has 0 amide bonds. The molecule has 102 valence electrons. The molecule has 18 heavy (non-hydrogen) atoms. The van der Waals surface area contributed by atoms with Crippen molar-refractivity contribution in [1.29, 1.82) is 0 Å². The van der Waals surface area contributed by atoms with Crippen LogP contribution >= 0.6 is 15.9 Å². The summed E-state index contributed by atoms with van der Waals surface area (Å²) in [5.41, 5.74) is 1.43. The van der Waals surface area contributed by atoms with Gasteiger partial charge in [-0.2, -0.15) is 0 Å². The molecule has 0 radical (unpaired) electrons. The molecule has 0 heterocycles. The van der Waals surface area contributed by atoms with Gasteiger partial charge in [0.2, 0.25) is 0 Å². The lowest BCUT2D eigenvalue weighted by Crippen LogP contribution is -2.30. The summed E-state index contributed by atoms with van der Waals surface area (Å²) in [4.78, 5) is 0. The normalized spacial score (nSPS) is 13.3. The molecule has 0 aliphatic carbocycles. The van der Waals surface area contributed by atoms with Gasteiger partial charge in [0.05, 0.1) is 0 Å². The first-order chi connectivity index (χ1) is 8.47. The standard InChI is InChI=1S/C16H26BrN/c1-12(2)8-15(11-18-13(3)4)9-14-6-5-7-16(17)10-14/h5-7,10,12-13,15,18H,8-9,11H2,1-4H3. The maximum atomic E-state index is 3.57. The van der Waals surface area contributed by atoms with Gasteiger partial charge in [-0.3, -0.25) is 0 Å². The Morgan fingerprint density at radius 2 is 1.89 bits per heavy atom. The van der Waals surface area contributed by atoms with Crippen LogP contribution in [0.1, 0.15) is 39.7 Å². The second-order valence-corrected chi connectivity index (χ2v) is 6.81. The lowest BCUT2D eigenvalue weighted by atomic mass is 9.91. The Balaban J connectivity index is 2.59. The van der Waals surface area contributed by atoms with Gasteiger partial charge in [-0.05, 0) is 48.9 Å². The first kappa shape index (κ1) is 15.7. The molecule has 1 nitrogen and oxygen atoms in total. The summed E-state index contributed by atoms with van der Waals surface area (Å²) in [7, 11) is 0. The highest BCUT2D eigenvalue weighted by molar-refractivity contribution is 9.10. The van der Waals surface area contributed by atoms with E-state index in [2.05, 4.69) is 73.2 Å². The predicted octanol–water partition coefficient (Wildman–Crippen LogP) is 4.65. The summed E-state index contributed by atoms with van der Waals surface area (Å²) >= 11 is 3.55. The Labute approximate surface area is 120 Å². The fourth-order valence-electron chi connectivity index (χ4n) is 2.31. The highest BCUT2D eigenvalue weighted by Crippen LogP contribution is 2.19. The molecule has 0 aromatic heterocycles. The number of nitrogens with one attached hydrogen (secondary N) is 1. The van der Waals surface area contributed by atoms with Crippen LogP contribution in [-0.2, 0) is 6.42 Å². The monoisotopic (exact) mass is 311 g/mol. The van der Waals surface area contributed by atoms with E-state index in [1.165, 1.54) is 16.5 Å². The topological polar surface area (TPSA) is 12.0 Å². The molecular formula is C16H26BrN. The van der Waals surface area contributed by atoms with Crippen molar-refractivity contribution in [3.8, 4) is 0 Å². The maximum Gasteiger partial charge on any atom is 0.0177 e. The summed E-state index contributed by atoms with van der Waals surface area (Å²) in [5.74, 6) is 1.48. The maximum absolute atomic E-state index is 3.57. The van der Waals surface area contributed by atoms with E-state index in [-0.39, 0.29) is 0 Å². The first-order valence-corrected chi connectivity index (χ1v) is 7.74. The summed E-state index contributed by atoms with van der Waals surface area (Å²) in [5, 5.41) is 3.57. The largest absolute Gasteiger partial charge is 0.314 e. The predicted molar refractivity (Wildman–Crippen MR) is 83.9 cm³/mol. The van der Waals surface area contributed by atoms with Gasteiger partial charge < -0.3 is 5.32 Å². The Morgan fingerprint density at radius 3 is 2.44 bits per heavy atom. The smallest absolute Gasteiger partial charge is 0.0177 e. The molecule has 2 heteroatoms. The van der Waals surface area contributed by atoms with Gasteiger partial charge in [-0.15, -0.1) is 0 Å². The third kappa shape index (κ3) is 6.55. The fraction of sp³-hybridized carbons (Fsp3) is 0.625. The average Bonchev–Trinajstić information content (AvgIpc) is 2.25. The SMILES string of the molecule is CC(C)CC(CNC(C)C)Cc1cccc(Br)c1. The minimum Gasteiger partial charge on any atom is -0.314 e. The van der Waals surface area contributed by atoms with Gasteiger partial charge in [0.15, 0.2) is 0 Å². The van der Waals surface area contributed by atoms with E-state index in [0.29, 0.717) is 6.04 Å². The summed E-state index contributed by atoms with van der Waals surface area (Å²) in [6.07, 6.45) is 2.45. The highest BCUT2D eigenvalue weighted by Gasteiger charge is 2.12. The van der Waals surface area contributed by atoms with Gasteiger partial charge in [0.25, 0.3) is 0 Å². The van der Waals surface area contributed by atoms with Crippen LogP contribution in [0.15, 0.2) is 28.7 Å². The fourth-order valence-corrected chi connectivity index (χ4v) is 2.75. The minimum atomic E-state index is 0.571. The molecule has 1 atom stereocenters.